The third-order valence-corrected chi connectivity index (χ3v) is 3.97. The number of rotatable bonds is 6. The Balaban J connectivity index is 1.98. The number of hydrogen-bond donors (Lipinski definition) is 2. The molecule has 0 spiro atoms. The van der Waals surface area contributed by atoms with Crippen LogP contribution in [0.3, 0.4) is 0 Å². The Morgan fingerprint density at radius 3 is 2.25 bits per heavy atom. The van der Waals surface area contributed by atoms with Gasteiger partial charge in [0.1, 0.15) is 6.33 Å². The topological polar surface area (TPSA) is 71.8 Å². The Hall–Kier alpha value is -2.37. The van der Waals surface area contributed by atoms with Crippen LogP contribution in [0.15, 0.2) is 30.6 Å². The van der Waals surface area contributed by atoms with Gasteiger partial charge in [-0.3, -0.25) is 4.68 Å². The number of aryl methyl sites for hydroxylation is 1. The summed E-state index contributed by atoms with van der Waals surface area (Å²) in [6.45, 7) is 8.85. The van der Waals surface area contributed by atoms with Gasteiger partial charge in [-0.05, 0) is 23.0 Å². The van der Waals surface area contributed by atoms with Crippen LogP contribution < -0.4 is 10.6 Å². The number of nitrogens with zero attached hydrogens (tertiary/aromatic N) is 3. The third-order valence-electron chi connectivity index (χ3n) is 3.97. The van der Waals surface area contributed by atoms with Crippen LogP contribution in [0.2, 0.25) is 0 Å². The Morgan fingerprint density at radius 2 is 1.75 bits per heavy atom. The highest BCUT2D eigenvalue weighted by atomic mass is 16.2. The molecule has 2 amide bonds. The number of nitrogens with one attached hydrogen (secondary N) is 2. The molecule has 0 radical (unpaired) electrons. The molecule has 24 heavy (non-hydrogen) atoms. The second-order valence-corrected chi connectivity index (χ2v) is 6.70. The zero-order valence-corrected chi connectivity index (χ0v) is 15.1. The van der Waals surface area contributed by atoms with E-state index in [2.05, 4.69) is 72.7 Å². The number of amides is 2. The van der Waals surface area contributed by atoms with Gasteiger partial charge >= 0.3 is 6.03 Å². The van der Waals surface area contributed by atoms with Gasteiger partial charge in [0.05, 0.1) is 12.6 Å². The lowest BCUT2D eigenvalue weighted by molar-refractivity contribution is 0.232. The average Bonchev–Trinajstić information content (AvgIpc) is 2.96. The number of carbonyl (C=O) groups excluding carboxylic acids is 1. The fourth-order valence-corrected chi connectivity index (χ4v) is 2.54. The quantitative estimate of drug-likeness (QED) is 0.855. The standard InChI is InChI=1S/C18H27N5O/c1-12(2)14-6-8-15(9-7-14)17(13(3)4)21-18(24)19-10-16-20-11-23(5)22-16/h6-9,11-13,17H,10H2,1-5H3,(H2,19,21,24). The Morgan fingerprint density at radius 1 is 1.12 bits per heavy atom. The molecule has 2 N–H and O–H groups in total. The van der Waals surface area contributed by atoms with Gasteiger partial charge in [-0.1, -0.05) is 52.0 Å². The van der Waals surface area contributed by atoms with Crippen molar-refractivity contribution in [3.63, 3.8) is 0 Å². The second-order valence-electron chi connectivity index (χ2n) is 6.70. The van der Waals surface area contributed by atoms with Crippen molar-refractivity contribution in [3.8, 4) is 0 Å². The van der Waals surface area contributed by atoms with Gasteiger partial charge in [0, 0.05) is 7.05 Å². The number of aromatic nitrogens is 3. The molecule has 2 aromatic rings. The summed E-state index contributed by atoms with van der Waals surface area (Å²) in [5.74, 6) is 1.38. The van der Waals surface area contributed by atoms with Gasteiger partial charge in [-0.15, -0.1) is 0 Å². The molecule has 1 heterocycles. The first-order valence-electron chi connectivity index (χ1n) is 8.35. The van der Waals surface area contributed by atoms with Crippen molar-refractivity contribution in [3.05, 3.63) is 47.5 Å². The van der Waals surface area contributed by atoms with Gasteiger partial charge in [0.15, 0.2) is 5.82 Å². The van der Waals surface area contributed by atoms with Crippen molar-refractivity contribution in [2.75, 3.05) is 0 Å². The first kappa shape index (κ1) is 18.0. The average molecular weight is 329 g/mol. The molecule has 6 nitrogen and oxygen atoms in total. The molecule has 0 fully saturated rings. The van der Waals surface area contributed by atoms with E-state index in [9.17, 15) is 4.79 Å². The molecule has 0 aliphatic rings. The van der Waals surface area contributed by atoms with Gasteiger partial charge in [-0.2, -0.15) is 5.10 Å². The molecule has 130 valence electrons. The Bertz CT molecular complexity index is 660. The molecule has 6 heteroatoms. The molecule has 1 aromatic heterocycles. The lowest BCUT2D eigenvalue weighted by Gasteiger charge is -2.23. The summed E-state index contributed by atoms with van der Waals surface area (Å²) in [7, 11) is 1.80. The minimum Gasteiger partial charge on any atom is -0.331 e. The summed E-state index contributed by atoms with van der Waals surface area (Å²) < 4.78 is 1.61. The van der Waals surface area contributed by atoms with E-state index in [-0.39, 0.29) is 18.0 Å². The summed E-state index contributed by atoms with van der Waals surface area (Å²) in [5.41, 5.74) is 2.41. The lowest BCUT2D eigenvalue weighted by atomic mass is 9.93. The van der Waals surface area contributed by atoms with E-state index in [1.54, 1.807) is 18.1 Å². The molecular formula is C18H27N5O. The van der Waals surface area contributed by atoms with Crippen LogP contribution in [0.25, 0.3) is 0 Å². The molecule has 0 saturated carbocycles. The van der Waals surface area contributed by atoms with Gasteiger partial charge in [0.25, 0.3) is 0 Å². The predicted octanol–water partition coefficient (Wildman–Crippen LogP) is 3.14. The highest BCUT2D eigenvalue weighted by molar-refractivity contribution is 5.74. The molecule has 1 aromatic carbocycles. The molecule has 1 unspecified atom stereocenters. The smallest absolute Gasteiger partial charge is 0.315 e. The molecule has 0 aliphatic heterocycles. The number of urea groups is 1. The maximum absolute atomic E-state index is 12.2. The van der Waals surface area contributed by atoms with Crippen molar-refractivity contribution in [1.82, 2.24) is 25.4 Å². The Labute approximate surface area is 143 Å². The van der Waals surface area contributed by atoms with Crippen LogP contribution in [-0.4, -0.2) is 20.8 Å². The zero-order chi connectivity index (χ0) is 17.7. The summed E-state index contributed by atoms with van der Waals surface area (Å²) in [6.07, 6.45) is 1.61. The van der Waals surface area contributed by atoms with Crippen LogP contribution in [0.1, 0.15) is 56.6 Å². The maximum Gasteiger partial charge on any atom is 0.315 e. The van der Waals surface area contributed by atoms with Gasteiger partial charge in [0.2, 0.25) is 0 Å². The van der Waals surface area contributed by atoms with Crippen LogP contribution in [-0.2, 0) is 13.6 Å². The fraction of sp³-hybridized carbons (Fsp3) is 0.500. The van der Waals surface area contributed by atoms with E-state index < -0.39 is 0 Å². The SMILES string of the molecule is CC(C)c1ccc(C(NC(=O)NCc2ncn(C)n2)C(C)C)cc1. The van der Waals surface area contributed by atoms with E-state index in [0.29, 0.717) is 18.3 Å². The summed E-state index contributed by atoms with van der Waals surface area (Å²) in [6, 6.07) is 8.21. The summed E-state index contributed by atoms with van der Waals surface area (Å²) in [4.78, 5) is 16.3. The van der Waals surface area contributed by atoms with Gasteiger partial charge in [-0.25, -0.2) is 9.78 Å². The number of benzene rings is 1. The summed E-state index contributed by atoms with van der Waals surface area (Å²) in [5, 5.41) is 10.00. The predicted molar refractivity (Wildman–Crippen MR) is 94.5 cm³/mol. The van der Waals surface area contributed by atoms with Crippen molar-refractivity contribution in [1.29, 1.82) is 0 Å². The van der Waals surface area contributed by atoms with E-state index in [0.717, 1.165) is 5.56 Å². The first-order chi connectivity index (χ1) is 11.4. The molecule has 0 aliphatic carbocycles. The Kier molecular flexibility index (Phi) is 5.95. The number of hydrogen-bond acceptors (Lipinski definition) is 3. The molecule has 2 rings (SSSR count). The van der Waals surface area contributed by atoms with Crippen molar-refractivity contribution >= 4 is 6.03 Å². The van der Waals surface area contributed by atoms with E-state index in [1.165, 1.54) is 5.56 Å². The minimum absolute atomic E-state index is 0.0390. The monoisotopic (exact) mass is 329 g/mol. The van der Waals surface area contributed by atoms with Gasteiger partial charge < -0.3 is 10.6 Å². The van der Waals surface area contributed by atoms with E-state index >= 15 is 0 Å². The minimum atomic E-state index is -0.214. The summed E-state index contributed by atoms with van der Waals surface area (Å²) >= 11 is 0. The molecule has 0 bridgehead atoms. The third kappa shape index (κ3) is 4.81. The zero-order valence-electron chi connectivity index (χ0n) is 15.1. The first-order valence-corrected chi connectivity index (χ1v) is 8.35. The maximum atomic E-state index is 12.2. The second kappa shape index (κ2) is 7.95. The van der Waals surface area contributed by atoms with E-state index in [1.807, 2.05) is 0 Å². The largest absolute Gasteiger partial charge is 0.331 e. The highest BCUT2D eigenvalue weighted by Gasteiger charge is 2.18. The van der Waals surface area contributed by atoms with Crippen molar-refractivity contribution in [2.45, 2.75) is 46.2 Å². The fourth-order valence-electron chi connectivity index (χ4n) is 2.54. The van der Waals surface area contributed by atoms with Crippen LogP contribution in [0, 0.1) is 5.92 Å². The number of carbonyl (C=O) groups is 1. The van der Waals surface area contributed by atoms with Crippen LogP contribution in [0.5, 0.6) is 0 Å². The highest BCUT2D eigenvalue weighted by Crippen LogP contribution is 2.24. The van der Waals surface area contributed by atoms with Crippen LogP contribution >= 0.6 is 0 Å². The molecular weight excluding hydrogens is 302 g/mol. The normalized spacial score (nSPS) is 12.5. The molecule has 0 saturated heterocycles. The lowest BCUT2D eigenvalue weighted by Crippen LogP contribution is -2.39. The van der Waals surface area contributed by atoms with E-state index in [4.69, 9.17) is 0 Å². The van der Waals surface area contributed by atoms with Crippen LogP contribution in [0.4, 0.5) is 4.79 Å². The molecule has 1 atom stereocenters. The van der Waals surface area contributed by atoms with Crippen molar-refractivity contribution in [2.24, 2.45) is 13.0 Å². The van der Waals surface area contributed by atoms with Crippen molar-refractivity contribution < 1.29 is 4.79 Å².